The Kier molecular flexibility index (Phi) is 5.72. The molecule has 0 saturated heterocycles. The van der Waals surface area contributed by atoms with E-state index in [1.807, 2.05) is 13.8 Å². The highest BCUT2D eigenvalue weighted by molar-refractivity contribution is 5.76. The molecule has 0 aliphatic rings. The molecule has 0 fully saturated rings. The first-order valence-corrected chi connectivity index (χ1v) is 6.17. The smallest absolute Gasteiger partial charge is 0.378 e. The van der Waals surface area contributed by atoms with Crippen molar-refractivity contribution in [2.75, 3.05) is 11.9 Å². The zero-order valence-electron chi connectivity index (χ0n) is 11.0. The van der Waals surface area contributed by atoms with Gasteiger partial charge in [0.1, 0.15) is 11.9 Å². The summed E-state index contributed by atoms with van der Waals surface area (Å²) in [7, 11) is 0. The van der Waals surface area contributed by atoms with Crippen LogP contribution in [0.3, 0.4) is 0 Å². The molecule has 1 aromatic heterocycles. The normalized spacial score (nSPS) is 11.7. The number of hydrogen-bond acceptors (Lipinski definition) is 5. The van der Waals surface area contributed by atoms with Gasteiger partial charge in [0.25, 0.3) is 0 Å². The number of amides is 1. The number of aromatic nitrogens is 1. The molecule has 0 aliphatic heterocycles. The van der Waals surface area contributed by atoms with Crippen LogP contribution >= 0.6 is 0 Å². The second kappa shape index (κ2) is 7.30. The van der Waals surface area contributed by atoms with E-state index in [0.29, 0.717) is 12.2 Å². The number of carbonyl (C=O) groups excluding carboxylic acids is 1. The van der Waals surface area contributed by atoms with Crippen LogP contribution in [-0.2, 0) is 4.79 Å². The highest BCUT2D eigenvalue weighted by Gasteiger charge is 2.13. The van der Waals surface area contributed by atoms with E-state index >= 15 is 0 Å². The van der Waals surface area contributed by atoms with Gasteiger partial charge < -0.3 is 20.7 Å². The minimum absolute atomic E-state index is 0.0756. The monoisotopic (exact) mass is 266 g/mol. The molecule has 7 heteroatoms. The van der Waals surface area contributed by atoms with Crippen LogP contribution in [0.4, 0.5) is 11.5 Å². The van der Waals surface area contributed by atoms with Crippen LogP contribution in [0, 0.1) is 10.1 Å². The Hall–Kier alpha value is -2.18. The predicted octanol–water partition coefficient (Wildman–Crippen LogP) is 1.71. The zero-order chi connectivity index (χ0) is 14.3. The van der Waals surface area contributed by atoms with Crippen molar-refractivity contribution in [2.45, 2.75) is 32.7 Å². The Balaban J connectivity index is 2.45. The maximum absolute atomic E-state index is 11.5. The standard InChI is InChI=1S/C12H18N4O3/c1-3-9(2)15-11(17)6-8-13-10-5-4-7-14-12(10)16(18)19/h4-5,7,9,13H,3,6,8H2,1-2H3,(H,15,17). The highest BCUT2D eigenvalue weighted by atomic mass is 16.6. The number of nitrogens with one attached hydrogen (secondary N) is 2. The maximum Gasteiger partial charge on any atom is 0.386 e. The molecule has 0 bridgehead atoms. The molecule has 2 N–H and O–H groups in total. The summed E-state index contributed by atoms with van der Waals surface area (Å²) >= 11 is 0. The molecule has 0 radical (unpaired) electrons. The molecule has 1 amide bonds. The van der Waals surface area contributed by atoms with Gasteiger partial charge in [-0.1, -0.05) is 6.92 Å². The van der Waals surface area contributed by atoms with Gasteiger partial charge in [0.05, 0.1) is 0 Å². The van der Waals surface area contributed by atoms with E-state index in [1.54, 1.807) is 12.1 Å². The topological polar surface area (TPSA) is 97.2 Å². The van der Waals surface area contributed by atoms with Gasteiger partial charge in [-0.15, -0.1) is 0 Å². The third-order valence-corrected chi connectivity index (χ3v) is 2.65. The summed E-state index contributed by atoms with van der Waals surface area (Å²) in [5.74, 6) is -0.307. The first kappa shape index (κ1) is 14.9. The molecule has 1 unspecified atom stereocenters. The molecule has 0 aromatic carbocycles. The van der Waals surface area contributed by atoms with Gasteiger partial charge in [-0.05, 0) is 35.4 Å². The molecule has 1 atom stereocenters. The zero-order valence-corrected chi connectivity index (χ0v) is 11.0. The lowest BCUT2D eigenvalue weighted by Crippen LogP contribution is -2.32. The van der Waals surface area contributed by atoms with E-state index in [-0.39, 0.29) is 24.2 Å². The van der Waals surface area contributed by atoms with Crippen LogP contribution in [0.15, 0.2) is 18.3 Å². The van der Waals surface area contributed by atoms with Crippen LogP contribution < -0.4 is 10.6 Å². The van der Waals surface area contributed by atoms with E-state index in [1.165, 1.54) is 6.20 Å². The van der Waals surface area contributed by atoms with Crippen molar-refractivity contribution in [1.82, 2.24) is 10.3 Å². The van der Waals surface area contributed by atoms with Crippen molar-refractivity contribution < 1.29 is 9.72 Å². The van der Waals surface area contributed by atoms with Crippen LogP contribution in [0.5, 0.6) is 0 Å². The quantitative estimate of drug-likeness (QED) is 0.578. The maximum atomic E-state index is 11.5. The van der Waals surface area contributed by atoms with E-state index < -0.39 is 4.92 Å². The van der Waals surface area contributed by atoms with Crippen molar-refractivity contribution >= 4 is 17.4 Å². The molecule has 19 heavy (non-hydrogen) atoms. The van der Waals surface area contributed by atoms with Gasteiger partial charge in [0.2, 0.25) is 5.91 Å². The van der Waals surface area contributed by atoms with E-state index in [9.17, 15) is 14.9 Å². The summed E-state index contributed by atoms with van der Waals surface area (Å²) in [6.07, 6.45) is 2.49. The van der Waals surface area contributed by atoms with Crippen molar-refractivity contribution in [2.24, 2.45) is 0 Å². The Labute approximate surface area is 111 Å². The minimum atomic E-state index is -0.554. The number of carbonyl (C=O) groups is 1. The Bertz CT molecular complexity index is 450. The summed E-state index contributed by atoms with van der Waals surface area (Å²) in [6.45, 7) is 4.24. The number of pyridine rings is 1. The number of hydrogen-bond donors (Lipinski definition) is 2. The molecule has 0 spiro atoms. The third kappa shape index (κ3) is 4.90. The molecule has 1 heterocycles. The summed E-state index contributed by atoms with van der Waals surface area (Å²) in [4.78, 5) is 25.4. The molecule has 1 rings (SSSR count). The fourth-order valence-corrected chi connectivity index (χ4v) is 1.44. The number of nitro groups is 1. The second-order valence-corrected chi connectivity index (χ2v) is 4.19. The van der Waals surface area contributed by atoms with Crippen LogP contribution in [-0.4, -0.2) is 28.4 Å². The first-order chi connectivity index (χ1) is 9.04. The van der Waals surface area contributed by atoms with Gasteiger partial charge in [-0.2, -0.15) is 0 Å². The SMILES string of the molecule is CCC(C)NC(=O)CCNc1cccnc1[N+](=O)[O-]. The van der Waals surface area contributed by atoms with Gasteiger partial charge in [0, 0.05) is 19.0 Å². The lowest BCUT2D eigenvalue weighted by Gasteiger charge is -2.11. The number of anilines is 1. The first-order valence-electron chi connectivity index (χ1n) is 6.17. The molecular weight excluding hydrogens is 248 g/mol. The fraction of sp³-hybridized carbons (Fsp3) is 0.500. The lowest BCUT2D eigenvalue weighted by atomic mass is 10.2. The van der Waals surface area contributed by atoms with Crippen LogP contribution in [0.2, 0.25) is 0 Å². The summed E-state index contributed by atoms with van der Waals surface area (Å²) < 4.78 is 0. The summed E-state index contributed by atoms with van der Waals surface area (Å²) in [6, 6.07) is 3.31. The minimum Gasteiger partial charge on any atom is -0.378 e. The van der Waals surface area contributed by atoms with Crippen molar-refractivity contribution in [3.05, 3.63) is 28.4 Å². The van der Waals surface area contributed by atoms with Crippen molar-refractivity contribution in [1.29, 1.82) is 0 Å². The Morgan fingerprint density at radius 2 is 2.32 bits per heavy atom. The third-order valence-electron chi connectivity index (χ3n) is 2.65. The molecule has 7 nitrogen and oxygen atoms in total. The van der Waals surface area contributed by atoms with E-state index in [2.05, 4.69) is 15.6 Å². The fourth-order valence-electron chi connectivity index (χ4n) is 1.44. The molecule has 1 aromatic rings. The summed E-state index contributed by atoms with van der Waals surface area (Å²) in [5, 5.41) is 16.4. The number of nitrogens with zero attached hydrogens (tertiary/aromatic N) is 2. The highest BCUT2D eigenvalue weighted by Crippen LogP contribution is 2.19. The average molecular weight is 266 g/mol. The van der Waals surface area contributed by atoms with Gasteiger partial charge in [-0.3, -0.25) is 4.79 Å². The van der Waals surface area contributed by atoms with E-state index in [4.69, 9.17) is 0 Å². The van der Waals surface area contributed by atoms with Gasteiger partial charge in [-0.25, -0.2) is 0 Å². The lowest BCUT2D eigenvalue weighted by molar-refractivity contribution is -0.388. The van der Waals surface area contributed by atoms with Crippen LogP contribution in [0.25, 0.3) is 0 Å². The number of rotatable bonds is 7. The van der Waals surface area contributed by atoms with Crippen molar-refractivity contribution in [3.63, 3.8) is 0 Å². The molecule has 0 aliphatic carbocycles. The average Bonchev–Trinajstić information content (AvgIpc) is 2.38. The molecule has 104 valence electrons. The van der Waals surface area contributed by atoms with Crippen molar-refractivity contribution in [3.8, 4) is 0 Å². The van der Waals surface area contributed by atoms with Crippen LogP contribution in [0.1, 0.15) is 26.7 Å². The molecule has 0 saturated carbocycles. The Morgan fingerprint density at radius 1 is 1.58 bits per heavy atom. The van der Waals surface area contributed by atoms with Gasteiger partial charge >= 0.3 is 5.82 Å². The van der Waals surface area contributed by atoms with Gasteiger partial charge in [0.15, 0.2) is 0 Å². The molecular formula is C12H18N4O3. The second-order valence-electron chi connectivity index (χ2n) is 4.19. The largest absolute Gasteiger partial charge is 0.386 e. The summed E-state index contributed by atoms with van der Waals surface area (Å²) in [5.41, 5.74) is 0.323. The van der Waals surface area contributed by atoms with E-state index in [0.717, 1.165) is 6.42 Å². The predicted molar refractivity (Wildman–Crippen MR) is 71.9 cm³/mol. The Morgan fingerprint density at radius 3 is 2.95 bits per heavy atom.